The summed E-state index contributed by atoms with van der Waals surface area (Å²) in [7, 11) is 0. The van der Waals surface area contributed by atoms with Crippen LogP contribution in [-0.2, 0) is 6.54 Å². The Kier molecular flexibility index (Phi) is 3.38. The summed E-state index contributed by atoms with van der Waals surface area (Å²) in [6.07, 6.45) is 5.36. The molecule has 1 aliphatic rings. The molecule has 0 saturated heterocycles. The summed E-state index contributed by atoms with van der Waals surface area (Å²) in [6.45, 7) is 0.520. The largest absolute Gasteiger partial charge is 0.467 e. The number of nitrogens with zero attached hydrogens (tertiary/aromatic N) is 2. The molecule has 0 unspecified atom stereocenters. The molecule has 5 heteroatoms. The molecule has 19 heavy (non-hydrogen) atoms. The predicted molar refractivity (Wildman–Crippen MR) is 73.5 cm³/mol. The van der Waals surface area contributed by atoms with E-state index < -0.39 is 0 Å². The zero-order valence-electron chi connectivity index (χ0n) is 10.3. The van der Waals surface area contributed by atoms with Crippen molar-refractivity contribution in [1.29, 1.82) is 0 Å². The second-order valence-electron chi connectivity index (χ2n) is 4.61. The third kappa shape index (κ3) is 2.87. The summed E-state index contributed by atoms with van der Waals surface area (Å²) in [4.78, 5) is 18.5. The van der Waals surface area contributed by atoms with Gasteiger partial charge in [-0.25, -0.2) is 4.98 Å². The first-order valence-corrected chi connectivity index (χ1v) is 6.98. The van der Waals surface area contributed by atoms with Crippen LogP contribution in [0.3, 0.4) is 0 Å². The Bertz CT molecular complexity index is 562. The molecule has 1 saturated carbocycles. The second kappa shape index (κ2) is 5.17. The molecule has 1 aliphatic carbocycles. The minimum absolute atomic E-state index is 0.0129. The number of furan rings is 1. The number of carbonyl (C=O) groups excluding carboxylic acids is 1. The lowest BCUT2D eigenvalue weighted by Gasteiger charge is -2.21. The predicted octanol–water partition coefficient (Wildman–Crippen LogP) is 3.24. The SMILES string of the molecule is O=C(c1ccc(Br)nc1)N(Cc1ccco1)C1CC1. The van der Waals surface area contributed by atoms with Crippen LogP contribution in [0.5, 0.6) is 0 Å². The van der Waals surface area contributed by atoms with Crippen LogP contribution in [0, 0.1) is 0 Å². The average Bonchev–Trinajstić information content (AvgIpc) is 3.13. The molecule has 0 N–H and O–H groups in total. The Labute approximate surface area is 119 Å². The molecule has 0 atom stereocenters. The van der Waals surface area contributed by atoms with Crippen molar-refractivity contribution in [2.75, 3.05) is 0 Å². The lowest BCUT2D eigenvalue weighted by molar-refractivity contribution is 0.0717. The monoisotopic (exact) mass is 320 g/mol. The van der Waals surface area contributed by atoms with E-state index in [1.807, 2.05) is 17.0 Å². The van der Waals surface area contributed by atoms with Crippen molar-refractivity contribution in [3.8, 4) is 0 Å². The zero-order valence-corrected chi connectivity index (χ0v) is 11.8. The zero-order chi connectivity index (χ0) is 13.2. The number of amides is 1. The summed E-state index contributed by atoms with van der Waals surface area (Å²) in [5.74, 6) is 0.823. The van der Waals surface area contributed by atoms with Crippen molar-refractivity contribution in [3.05, 3.63) is 52.7 Å². The standard InChI is InChI=1S/C14H13BrN2O2/c15-13-6-3-10(8-16-13)14(18)17(11-4-5-11)9-12-2-1-7-19-12/h1-3,6-8,11H,4-5,9H2. The van der Waals surface area contributed by atoms with Crippen LogP contribution >= 0.6 is 15.9 Å². The summed E-state index contributed by atoms with van der Waals surface area (Å²) >= 11 is 3.27. The quantitative estimate of drug-likeness (QED) is 0.812. The van der Waals surface area contributed by atoms with Gasteiger partial charge in [0.25, 0.3) is 5.91 Å². The maximum absolute atomic E-state index is 12.5. The second-order valence-corrected chi connectivity index (χ2v) is 5.43. The van der Waals surface area contributed by atoms with Gasteiger partial charge < -0.3 is 9.32 Å². The maximum Gasteiger partial charge on any atom is 0.256 e. The Morgan fingerprint density at radius 3 is 2.84 bits per heavy atom. The number of pyridine rings is 1. The first kappa shape index (κ1) is 12.4. The van der Waals surface area contributed by atoms with Crippen molar-refractivity contribution in [1.82, 2.24) is 9.88 Å². The topological polar surface area (TPSA) is 46.3 Å². The van der Waals surface area contributed by atoms with Crippen LogP contribution in [0.4, 0.5) is 0 Å². The van der Waals surface area contributed by atoms with E-state index in [-0.39, 0.29) is 5.91 Å². The van der Waals surface area contributed by atoms with E-state index in [9.17, 15) is 4.79 Å². The van der Waals surface area contributed by atoms with Gasteiger partial charge in [-0.3, -0.25) is 4.79 Å². The molecule has 0 aliphatic heterocycles. The van der Waals surface area contributed by atoms with Crippen molar-refractivity contribution in [3.63, 3.8) is 0 Å². The van der Waals surface area contributed by atoms with E-state index in [0.29, 0.717) is 18.2 Å². The fraction of sp³-hybridized carbons (Fsp3) is 0.286. The van der Waals surface area contributed by atoms with Crippen LogP contribution < -0.4 is 0 Å². The van der Waals surface area contributed by atoms with Gasteiger partial charge in [-0.2, -0.15) is 0 Å². The number of hydrogen-bond acceptors (Lipinski definition) is 3. The normalized spacial score (nSPS) is 14.4. The summed E-state index contributed by atoms with van der Waals surface area (Å²) in [5.41, 5.74) is 0.613. The van der Waals surface area contributed by atoms with Crippen LogP contribution in [0.25, 0.3) is 0 Å². The first-order chi connectivity index (χ1) is 9.24. The van der Waals surface area contributed by atoms with Gasteiger partial charge in [0.2, 0.25) is 0 Å². The third-order valence-corrected chi connectivity index (χ3v) is 3.60. The molecule has 1 fully saturated rings. The van der Waals surface area contributed by atoms with Crippen LogP contribution in [0.2, 0.25) is 0 Å². The molecule has 0 bridgehead atoms. The minimum atomic E-state index is 0.0129. The molecule has 2 aromatic heterocycles. The Hall–Kier alpha value is -1.62. The molecule has 4 nitrogen and oxygen atoms in total. The molecule has 3 rings (SSSR count). The fourth-order valence-corrected chi connectivity index (χ4v) is 2.23. The molecule has 0 aromatic carbocycles. The lowest BCUT2D eigenvalue weighted by atomic mass is 10.2. The molecule has 2 heterocycles. The van der Waals surface area contributed by atoms with Gasteiger partial charge in [0.1, 0.15) is 10.4 Å². The fourth-order valence-electron chi connectivity index (χ4n) is 1.99. The molecular formula is C14H13BrN2O2. The highest BCUT2D eigenvalue weighted by Crippen LogP contribution is 2.29. The van der Waals surface area contributed by atoms with Gasteiger partial charge in [-0.1, -0.05) is 0 Å². The highest BCUT2D eigenvalue weighted by atomic mass is 79.9. The molecular weight excluding hydrogens is 308 g/mol. The Balaban J connectivity index is 1.79. The van der Waals surface area contributed by atoms with E-state index >= 15 is 0 Å². The van der Waals surface area contributed by atoms with E-state index in [4.69, 9.17) is 4.42 Å². The van der Waals surface area contributed by atoms with Gasteiger partial charge in [-0.05, 0) is 53.0 Å². The number of aromatic nitrogens is 1. The Morgan fingerprint density at radius 2 is 2.26 bits per heavy atom. The van der Waals surface area contributed by atoms with Crippen LogP contribution in [-0.4, -0.2) is 21.8 Å². The van der Waals surface area contributed by atoms with Crippen molar-refractivity contribution in [2.24, 2.45) is 0 Å². The smallest absolute Gasteiger partial charge is 0.256 e. The van der Waals surface area contributed by atoms with E-state index in [1.54, 1.807) is 24.6 Å². The van der Waals surface area contributed by atoms with Crippen LogP contribution in [0.1, 0.15) is 29.0 Å². The maximum atomic E-state index is 12.5. The summed E-state index contributed by atoms with van der Waals surface area (Å²) in [5, 5.41) is 0. The molecule has 0 spiro atoms. The first-order valence-electron chi connectivity index (χ1n) is 6.19. The number of carbonyl (C=O) groups is 1. The van der Waals surface area contributed by atoms with Gasteiger partial charge in [-0.15, -0.1) is 0 Å². The Morgan fingerprint density at radius 1 is 1.42 bits per heavy atom. The van der Waals surface area contributed by atoms with Crippen molar-refractivity contribution >= 4 is 21.8 Å². The lowest BCUT2D eigenvalue weighted by Crippen LogP contribution is -2.32. The minimum Gasteiger partial charge on any atom is -0.467 e. The summed E-state index contributed by atoms with van der Waals surface area (Å²) < 4.78 is 6.06. The van der Waals surface area contributed by atoms with Crippen LogP contribution in [0.15, 0.2) is 45.7 Å². The number of hydrogen-bond donors (Lipinski definition) is 0. The van der Waals surface area contributed by atoms with Gasteiger partial charge in [0.15, 0.2) is 0 Å². The molecule has 1 amide bonds. The van der Waals surface area contributed by atoms with Crippen molar-refractivity contribution in [2.45, 2.75) is 25.4 Å². The van der Waals surface area contributed by atoms with E-state index in [0.717, 1.165) is 23.2 Å². The van der Waals surface area contributed by atoms with E-state index in [2.05, 4.69) is 20.9 Å². The molecule has 2 aromatic rings. The molecule has 0 radical (unpaired) electrons. The highest BCUT2D eigenvalue weighted by Gasteiger charge is 2.33. The van der Waals surface area contributed by atoms with Gasteiger partial charge in [0.05, 0.1) is 18.4 Å². The number of rotatable bonds is 4. The highest BCUT2D eigenvalue weighted by molar-refractivity contribution is 9.10. The van der Waals surface area contributed by atoms with Gasteiger partial charge in [0, 0.05) is 12.2 Å². The summed E-state index contributed by atoms with van der Waals surface area (Å²) in [6, 6.07) is 7.64. The average molecular weight is 321 g/mol. The molecule has 98 valence electrons. The third-order valence-electron chi connectivity index (χ3n) is 3.13. The van der Waals surface area contributed by atoms with Gasteiger partial charge >= 0.3 is 0 Å². The van der Waals surface area contributed by atoms with E-state index in [1.165, 1.54) is 0 Å². The van der Waals surface area contributed by atoms with Crippen molar-refractivity contribution < 1.29 is 9.21 Å². The number of halogens is 1.